The average Bonchev–Trinajstić information content (AvgIpc) is 3.29. The highest BCUT2D eigenvalue weighted by Gasteiger charge is 2.39. The van der Waals surface area contributed by atoms with Gasteiger partial charge in [-0.15, -0.1) is 0 Å². The lowest BCUT2D eigenvalue weighted by Crippen LogP contribution is -2.43. The maximum atomic E-state index is 13.7. The molecule has 1 atom stereocenters. The van der Waals surface area contributed by atoms with Crippen LogP contribution in [-0.2, 0) is 12.4 Å². The van der Waals surface area contributed by atoms with Gasteiger partial charge < -0.3 is 19.7 Å². The molecule has 12 heteroatoms. The van der Waals surface area contributed by atoms with Gasteiger partial charge in [-0.1, -0.05) is 18.7 Å². The van der Waals surface area contributed by atoms with E-state index in [1.807, 2.05) is 0 Å². The zero-order chi connectivity index (χ0) is 26.5. The van der Waals surface area contributed by atoms with Crippen molar-refractivity contribution in [2.75, 3.05) is 18.1 Å². The number of hydrogen-bond acceptors (Lipinski definition) is 5. The van der Waals surface area contributed by atoms with E-state index in [2.05, 4.69) is 21.5 Å². The molecule has 1 aliphatic heterocycles. The number of nitrogens with one attached hydrogen (secondary N) is 1. The number of ether oxygens (including phenoxy) is 1. The van der Waals surface area contributed by atoms with Crippen molar-refractivity contribution in [3.8, 4) is 17.1 Å². The molecule has 2 aromatic heterocycles. The zero-order valence-corrected chi connectivity index (χ0v) is 18.9. The number of para-hydroxylation sites is 1. The van der Waals surface area contributed by atoms with Crippen LogP contribution in [0.5, 0.6) is 5.75 Å². The third kappa shape index (κ3) is 4.26. The topological polar surface area (TPSA) is 74.3 Å². The molecule has 6 nitrogen and oxygen atoms in total. The molecule has 0 spiro atoms. The maximum Gasteiger partial charge on any atom is 0.418 e. The minimum atomic E-state index is -5.07. The van der Waals surface area contributed by atoms with E-state index in [0.29, 0.717) is 23.1 Å². The van der Waals surface area contributed by atoms with Crippen molar-refractivity contribution in [1.82, 2.24) is 15.0 Å². The minimum absolute atomic E-state index is 0.0000775. The molecule has 5 rings (SSSR count). The molecule has 0 aliphatic carbocycles. The van der Waals surface area contributed by atoms with E-state index in [-0.39, 0.29) is 36.4 Å². The number of H-pyrrole nitrogens is 1. The Balaban J connectivity index is 1.71. The fourth-order valence-electron chi connectivity index (χ4n) is 4.32. The fourth-order valence-corrected chi connectivity index (χ4v) is 4.32. The number of fused-ring (bicyclic) bond motifs is 2. The van der Waals surface area contributed by atoms with E-state index in [1.165, 1.54) is 6.07 Å². The second kappa shape index (κ2) is 8.80. The van der Waals surface area contributed by atoms with Crippen LogP contribution in [0.25, 0.3) is 28.5 Å². The van der Waals surface area contributed by atoms with Gasteiger partial charge in [0.25, 0.3) is 0 Å². The highest BCUT2D eigenvalue weighted by Crippen LogP contribution is 2.46. The first-order valence-electron chi connectivity index (χ1n) is 10.9. The van der Waals surface area contributed by atoms with Gasteiger partial charge in [0.1, 0.15) is 23.8 Å². The van der Waals surface area contributed by atoms with Crippen molar-refractivity contribution in [3.63, 3.8) is 0 Å². The smallest absolute Gasteiger partial charge is 0.418 e. The molecule has 3 heterocycles. The number of pyridine rings is 1. The summed E-state index contributed by atoms with van der Waals surface area (Å²) in [7, 11) is 0. The zero-order valence-electron chi connectivity index (χ0n) is 18.9. The molecule has 0 fully saturated rings. The predicted molar refractivity (Wildman–Crippen MR) is 124 cm³/mol. The van der Waals surface area contributed by atoms with Crippen molar-refractivity contribution < 1.29 is 36.2 Å². The van der Waals surface area contributed by atoms with E-state index >= 15 is 0 Å². The number of nitrogens with zero attached hydrogens (tertiary/aromatic N) is 3. The van der Waals surface area contributed by atoms with Crippen LogP contribution in [0.2, 0.25) is 0 Å². The Labute approximate surface area is 205 Å². The quantitative estimate of drug-likeness (QED) is 0.314. The van der Waals surface area contributed by atoms with Crippen LogP contribution >= 0.6 is 0 Å². The van der Waals surface area contributed by atoms with Gasteiger partial charge in [-0.2, -0.15) is 26.3 Å². The first kappa shape index (κ1) is 24.6. The van der Waals surface area contributed by atoms with Crippen molar-refractivity contribution in [2.24, 2.45) is 0 Å². The Bertz CT molecular complexity index is 1500. The van der Waals surface area contributed by atoms with Gasteiger partial charge >= 0.3 is 12.4 Å². The van der Waals surface area contributed by atoms with Gasteiger partial charge in [-0.05, 0) is 36.4 Å². The van der Waals surface area contributed by atoms with Gasteiger partial charge in [0.15, 0.2) is 5.75 Å². The molecular weight excluding hydrogens is 502 g/mol. The molecule has 1 aliphatic rings. The van der Waals surface area contributed by atoms with Crippen LogP contribution < -0.4 is 9.64 Å². The fraction of sp³-hybridized carbons (Fsp3) is 0.200. The Morgan fingerprint density at radius 2 is 1.89 bits per heavy atom. The number of aromatic nitrogens is 3. The number of rotatable bonds is 4. The molecular formula is C25H18F6N4O2. The summed E-state index contributed by atoms with van der Waals surface area (Å²) in [4.78, 5) is 12.8. The number of anilines is 2. The predicted octanol–water partition coefficient (Wildman–Crippen LogP) is 6.20. The van der Waals surface area contributed by atoms with Gasteiger partial charge in [0, 0.05) is 11.8 Å². The Kier molecular flexibility index (Phi) is 5.86. The average molecular weight is 520 g/mol. The SMILES string of the molecule is C=Cc1cccnc1N1c2cccc(-c3nc4c(C(F)(F)F)cc(C(F)(F)F)cc4[nH]3)c2OC[C@@H]1CO. The second-order valence-electron chi connectivity index (χ2n) is 8.29. The van der Waals surface area contributed by atoms with Crippen LogP contribution in [0.3, 0.4) is 0 Å². The van der Waals surface area contributed by atoms with Crippen LogP contribution in [0, 0.1) is 0 Å². The summed E-state index contributed by atoms with van der Waals surface area (Å²) in [6, 6.07) is 8.39. The van der Waals surface area contributed by atoms with Crippen molar-refractivity contribution in [2.45, 2.75) is 18.4 Å². The number of aliphatic hydroxyl groups excluding tert-OH is 1. The summed E-state index contributed by atoms with van der Waals surface area (Å²) in [5.41, 5.74) is -2.68. The summed E-state index contributed by atoms with van der Waals surface area (Å²) in [6.07, 6.45) is -6.90. The third-order valence-corrected chi connectivity index (χ3v) is 5.99. The van der Waals surface area contributed by atoms with Crippen LogP contribution in [0.1, 0.15) is 16.7 Å². The summed E-state index contributed by atoms with van der Waals surface area (Å²) >= 11 is 0. The van der Waals surface area contributed by atoms with Crippen LogP contribution in [0.15, 0.2) is 55.2 Å². The largest absolute Gasteiger partial charge is 0.488 e. The summed E-state index contributed by atoms with van der Waals surface area (Å²) in [5.74, 6) is 0.581. The van der Waals surface area contributed by atoms with E-state index in [9.17, 15) is 31.4 Å². The van der Waals surface area contributed by atoms with E-state index in [4.69, 9.17) is 4.74 Å². The van der Waals surface area contributed by atoms with E-state index < -0.39 is 40.6 Å². The van der Waals surface area contributed by atoms with Gasteiger partial charge in [-0.3, -0.25) is 0 Å². The molecule has 4 aromatic rings. The molecule has 0 saturated carbocycles. The number of aliphatic hydroxyl groups is 1. The molecule has 0 saturated heterocycles. The number of alkyl halides is 6. The van der Waals surface area contributed by atoms with Crippen molar-refractivity contribution >= 4 is 28.6 Å². The monoisotopic (exact) mass is 520 g/mol. The third-order valence-electron chi connectivity index (χ3n) is 5.99. The molecule has 0 amide bonds. The number of aromatic amines is 1. The lowest BCUT2D eigenvalue weighted by molar-refractivity contribution is -0.142. The Hall–Kier alpha value is -4.06. The second-order valence-corrected chi connectivity index (χ2v) is 8.29. The summed E-state index contributed by atoms with van der Waals surface area (Å²) in [5, 5.41) is 10.00. The number of halogens is 6. The molecule has 2 N–H and O–H groups in total. The Morgan fingerprint density at radius 1 is 1.11 bits per heavy atom. The van der Waals surface area contributed by atoms with E-state index in [0.717, 1.165) is 0 Å². The molecule has 0 radical (unpaired) electrons. The lowest BCUT2D eigenvalue weighted by Gasteiger charge is -2.38. The molecule has 2 aromatic carbocycles. The Morgan fingerprint density at radius 3 is 2.57 bits per heavy atom. The van der Waals surface area contributed by atoms with Gasteiger partial charge in [0.2, 0.25) is 0 Å². The summed E-state index contributed by atoms with van der Waals surface area (Å²) < 4.78 is 86.9. The standard InChI is InChI=1S/C25H18F6N4O2/c1-2-13-5-4-8-32-23(13)35-15(11-36)12-37-21-16(6-3-7-19(21)35)22-33-18-10-14(24(26,27)28)9-17(20(18)34-22)25(29,30)31/h2-10,15,36H,1,11-12H2,(H,33,34)/t15-/m0/s1. The van der Waals surface area contributed by atoms with E-state index in [1.54, 1.807) is 41.4 Å². The molecule has 37 heavy (non-hydrogen) atoms. The van der Waals surface area contributed by atoms with Crippen LogP contribution in [-0.4, -0.2) is 39.3 Å². The number of hydrogen-bond donors (Lipinski definition) is 2. The summed E-state index contributed by atoms with van der Waals surface area (Å²) in [6.45, 7) is 3.49. The maximum absolute atomic E-state index is 13.7. The normalized spacial score (nSPS) is 16.0. The van der Waals surface area contributed by atoms with Gasteiger partial charge in [-0.25, -0.2) is 9.97 Å². The van der Waals surface area contributed by atoms with Crippen molar-refractivity contribution in [1.29, 1.82) is 0 Å². The highest BCUT2D eigenvalue weighted by atomic mass is 19.4. The van der Waals surface area contributed by atoms with Crippen LogP contribution in [0.4, 0.5) is 37.8 Å². The highest BCUT2D eigenvalue weighted by molar-refractivity contribution is 5.87. The first-order chi connectivity index (χ1) is 17.5. The minimum Gasteiger partial charge on any atom is -0.488 e. The van der Waals surface area contributed by atoms with Crippen molar-refractivity contribution in [3.05, 3.63) is 71.9 Å². The lowest BCUT2D eigenvalue weighted by atomic mass is 10.1. The molecule has 0 unspecified atom stereocenters. The first-order valence-corrected chi connectivity index (χ1v) is 10.9. The number of benzene rings is 2. The molecule has 0 bridgehead atoms. The number of imidazole rings is 1. The molecule has 192 valence electrons. The van der Waals surface area contributed by atoms with Gasteiger partial charge in [0.05, 0.1) is 40.5 Å².